The van der Waals surface area contributed by atoms with Gasteiger partial charge in [0.1, 0.15) is 5.02 Å². The van der Waals surface area contributed by atoms with Crippen LogP contribution in [0.5, 0.6) is 0 Å². The van der Waals surface area contributed by atoms with Gasteiger partial charge in [-0.2, -0.15) is 5.10 Å². The van der Waals surface area contributed by atoms with Crippen molar-refractivity contribution in [2.45, 2.75) is 13.0 Å². The lowest BCUT2D eigenvalue weighted by Crippen LogP contribution is -2.23. The summed E-state index contributed by atoms with van der Waals surface area (Å²) >= 11 is 11.1. The minimum Gasteiger partial charge on any atom is -0.291 e. The molecule has 0 spiro atoms. The summed E-state index contributed by atoms with van der Waals surface area (Å²) in [4.78, 5) is 21.2. The Balaban J connectivity index is 3.04. The molecule has 1 aromatic rings. The van der Waals surface area contributed by atoms with Crippen molar-refractivity contribution in [2.24, 2.45) is 0 Å². The second kappa shape index (κ2) is 4.39. The van der Waals surface area contributed by atoms with Crippen LogP contribution in [0.15, 0.2) is 11.0 Å². The first-order valence-corrected chi connectivity index (χ1v) is 4.18. The van der Waals surface area contributed by atoms with Crippen molar-refractivity contribution < 1.29 is 4.79 Å². The van der Waals surface area contributed by atoms with Crippen LogP contribution in [0, 0.1) is 0 Å². The fourth-order valence-corrected chi connectivity index (χ4v) is 1.03. The first-order chi connectivity index (χ1) is 6.16. The average molecular weight is 220 g/mol. The Labute approximate surface area is 84.1 Å². The standard InChI is InChI=1S/C7H5Cl2N2O2/c8-5-4-10-11(2-1-3-12)7(13)6(5)9/h4H,1-2H2. The molecule has 13 heavy (non-hydrogen) atoms. The summed E-state index contributed by atoms with van der Waals surface area (Å²) in [6.45, 7) is 0.166. The van der Waals surface area contributed by atoms with Gasteiger partial charge in [-0.25, -0.2) is 4.68 Å². The van der Waals surface area contributed by atoms with Gasteiger partial charge in [-0.1, -0.05) is 23.2 Å². The van der Waals surface area contributed by atoms with E-state index >= 15 is 0 Å². The van der Waals surface area contributed by atoms with E-state index in [0.717, 1.165) is 4.68 Å². The van der Waals surface area contributed by atoms with Crippen LogP contribution in [0.1, 0.15) is 6.42 Å². The number of hydrogen-bond donors (Lipinski definition) is 0. The van der Waals surface area contributed by atoms with E-state index < -0.39 is 5.56 Å². The summed E-state index contributed by atoms with van der Waals surface area (Å²) in [6.07, 6.45) is 3.01. The lowest BCUT2D eigenvalue weighted by atomic mass is 10.4. The Morgan fingerprint density at radius 2 is 2.23 bits per heavy atom. The SMILES string of the molecule is O=[C]CCn1ncc(Cl)c(Cl)c1=O. The lowest BCUT2D eigenvalue weighted by molar-refractivity contribution is 0.529. The van der Waals surface area contributed by atoms with Gasteiger partial charge in [0, 0.05) is 6.42 Å². The van der Waals surface area contributed by atoms with Crippen molar-refractivity contribution >= 4 is 29.5 Å². The van der Waals surface area contributed by atoms with Gasteiger partial charge in [0.25, 0.3) is 5.56 Å². The van der Waals surface area contributed by atoms with Crippen molar-refractivity contribution in [1.82, 2.24) is 9.78 Å². The molecule has 1 rings (SSSR count). The zero-order valence-corrected chi connectivity index (χ0v) is 7.97. The van der Waals surface area contributed by atoms with Gasteiger partial charge < -0.3 is 0 Å². The highest BCUT2D eigenvalue weighted by Crippen LogP contribution is 2.14. The van der Waals surface area contributed by atoms with Crippen molar-refractivity contribution in [2.75, 3.05) is 0 Å². The highest BCUT2D eigenvalue weighted by Gasteiger charge is 2.06. The number of halogens is 2. The number of nitrogens with zero attached hydrogens (tertiary/aromatic N) is 2. The number of aromatic nitrogens is 2. The molecular weight excluding hydrogens is 215 g/mol. The molecule has 1 heterocycles. The van der Waals surface area contributed by atoms with Gasteiger partial charge >= 0.3 is 0 Å². The summed E-state index contributed by atoms with van der Waals surface area (Å²) in [5, 5.41) is 3.71. The Morgan fingerprint density at radius 3 is 2.85 bits per heavy atom. The third kappa shape index (κ3) is 2.29. The minimum absolute atomic E-state index is 0.0810. The van der Waals surface area contributed by atoms with Crippen LogP contribution in [-0.2, 0) is 11.3 Å². The molecule has 0 saturated heterocycles. The maximum atomic E-state index is 11.2. The third-order valence-electron chi connectivity index (χ3n) is 1.37. The molecular formula is C7H5Cl2N2O2. The molecule has 0 saturated carbocycles. The van der Waals surface area contributed by atoms with Crippen LogP contribution in [0.4, 0.5) is 0 Å². The van der Waals surface area contributed by atoms with Crippen LogP contribution in [-0.4, -0.2) is 16.1 Å². The predicted molar refractivity (Wildman–Crippen MR) is 48.8 cm³/mol. The van der Waals surface area contributed by atoms with Gasteiger partial charge in [-0.05, 0) is 0 Å². The fourth-order valence-electron chi connectivity index (χ4n) is 0.756. The zero-order chi connectivity index (χ0) is 9.84. The highest BCUT2D eigenvalue weighted by molar-refractivity contribution is 6.41. The summed E-state index contributed by atoms with van der Waals surface area (Å²) in [7, 11) is 0. The van der Waals surface area contributed by atoms with Crippen LogP contribution in [0.2, 0.25) is 10.0 Å². The van der Waals surface area contributed by atoms with Crippen LogP contribution < -0.4 is 5.56 Å². The molecule has 1 radical (unpaired) electrons. The third-order valence-corrected chi connectivity index (χ3v) is 2.12. The molecule has 0 atom stereocenters. The highest BCUT2D eigenvalue weighted by atomic mass is 35.5. The topological polar surface area (TPSA) is 52.0 Å². The Bertz CT molecular complexity index is 375. The molecule has 1 aromatic heterocycles. The van der Waals surface area contributed by atoms with E-state index in [4.69, 9.17) is 23.2 Å². The molecule has 6 heteroatoms. The minimum atomic E-state index is -0.496. The van der Waals surface area contributed by atoms with Gasteiger partial charge in [0.05, 0.1) is 17.8 Å². The molecule has 0 aliphatic heterocycles. The normalized spacial score (nSPS) is 10.0. The van der Waals surface area contributed by atoms with Crippen LogP contribution in [0.25, 0.3) is 0 Å². The van der Waals surface area contributed by atoms with E-state index in [1.54, 1.807) is 6.29 Å². The van der Waals surface area contributed by atoms with E-state index in [-0.39, 0.29) is 23.0 Å². The monoisotopic (exact) mass is 219 g/mol. The van der Waals surface area contributed by atoms with Crippen molar-refractivity contribution in [1.29, 1.82) is 0 Å². The molecule has 4 nitrogen and oxygen atoms in total. The summed E-state index contributed by atoms with van der Waals surface area (Å²) in [5.41, 5.74) is -0.496. The summed E-state index contributed by atoms with van der Waals surface area (Å²) < 4.78 is 1.07. The quantitative estimate of drug-likeness (QED) is 0.764. The van der Waals surface area contributed by atoms with Gasteiger partial charge in [-0.15, -0.1) is 0 Å². The van der Waals surface area contributed by atoms with E-state index in [1.165, 1.54) is 6.20 Å². The average Bonchev–Trinajstić information content (AvgIpc) is 2.13. The maximum Gasteiger partial charge on any atom is 0.287 e. The number of hydrogen-bond acceptors (Lipinski definition) is 3. The smallest absolute Gasteiger partial charge is 0.287 e. The molecule has 0 aliphatic carbocycles. The molecule has 0 fully saturated rings. The van der Waals surface area contributed by atoms with Gasteiger partial charge in [-0.3, -0.25) is 9.59 Å². The zero-order valence-electron chi connectivity index (χ0n) is 6.46. The number of aryl methyl sites for hydroxylation is 1. The lowest BCUT2D eigenvalue weighted by Gasteiger charge is -2.01. The Hall–Kier alpha value is -0.870. The summed E-state index contributed by atoms with van der Waals surface area (Å²) in [6, 6.07) is 0. The fraction of sp³-hybridized carbons (Fsp3) is 0.286. The van der Waals surface area contributed by atoms with E-state index in [0.29, 0.717) is 0 Å². The van der Waals surface area contributed by atoms with Crippen molar-refractivity contribution in [3.05, 3.63) is 26.6 Å². The first-order valence-electron chi connectivity index (χ1n) is 3.43. The van der Waals surface area contributed by atoms with E-state index in [2.05, 4.69) is 5.10 Å². The van der Waals surface area contributed by atoms with Crippen molar-refractivity contribution in [3.8, 4) is 0 Å². The van der Waals surface area contributed by atoms with Gasteiger partial charge in [0.15, 0.2) is 6.29 Å². The molecule has 0 aromatic carbocycles. The second-order valence-corrected chi connectivity index (χ2v) is 3.01. The Kier molecular flexibility index (Phi) is 3.45. The molecule has 69 valence electrons. The second-order valence-electron chi connectivity index (χ2n) is 2.23. The van der Waals surface area contributed by atoms with Crippen LogP contribution >= 0.6 is 23.2 Å². The largest absolute Gasteiger partial charge is 0.291 e. The molecule has 0 amide bonds. The Morgan fingerprint density at radius 1 is 1.54 bits per heavy atom. The number of rotatable bonds is 3. The molecule has 0 unspecified atom stereocenters. The van der Waals surface area contributed by atoms with E-state index in [9.17, 15) is 9.59 Å². The van der Waals surface area contributed by atoms with Gasteiger partial charge in [0.2, 0.25) is 0 Å². The van der Waals surface area contributed by atoms with E-state index in [1.807, 2.05) is 0 Å². The summed E-state index contributed by atoms with van der Waals surface area (Å²) in [5.74, 6) is 0. The maximum absolute atomic E-state index is 11.2. The predicted octanol–water partition coefficient (Wildman–Crippen LogP) is 1.05. The molecule has 0 bridgehead atoms. The molecule has 0 aliphatic rings. The molecule has 0 N–H and O–H groups in total. The first kappa shape index (κ1) is 10.2. The van der Waals surface area contributed by atoms with Crippen molar-refractivity contribution in [3.63, 3.8) is 0 Å². The number of carbonyl (C=O) groups excluding carboxylic acids is 1. The van der Waals surface area contributed by atoms with Crippen LogP contribution in [0.3, 0.4) is 0 Å².